The maximum Gasteiger partial charge on any atom is 0.346 e. The van der Waals surface area contributed by atoms with E-state index < -0.39 is 6.04 Å². The molecule has 3 heterocycles. The molecule has 7 nitrogen and oxygen atoms in total. The van der Waals surface area contributed by atoms with E-state index in [4.69, 9.17) is 9.15 Å². The van der Waals surface area contributed by atoms with Crippen LogP contribution in [0, 0.1) is 6.92 Å². The van der Waals surface area contributed by atoms with Crippen molar-refractivity contribution in [2.45, 2.75) is 32.4 Å². The number of quaternary nitrogens is 1. The van der Waals surface area contributed by atoms with Gasteiger partial charge >= 0.3 is 5.91 Å². The van der Waals surface area contributed by atoms with E-state index >= 15 is 0 Å². The number of hydrogen-bond donors (Lipinski definition) is 1. The second kappa shape index (κ2) is 9.65. The number of methoxy groups -OCH3 is 1. The van der Waals surface area contributed by atoms with E-state index in [0.717, 1.165) is 28.3 Å². The molecule has 192 valence electrons. The minimum Gasteiger partial charge on any atom is -0.512 e. The Morgan fingerprint density at radius 2 is 1.81 bits per heavy atom. The van der Waals surface area contributed by atoms with E-state index in [0.29, 0.717) is 24.3 Å². The molecule has 7 heteroatoms. The third-order valence-electron chi connectivity index (χ3n) is 7.91. The monoisotopic (exact) mass is 501 g/mol. The topological polar surface area (TPSA) is 80.0 Å². The normalized spacial score (nSPS) is 23.9. The van der Waals surface area contributed by atoms with Crippen LogP contribution in [-0.2, 0) is 9.53 Å². The van der Waals surface area contributed by atoms with E-state index in [-0.39, 0.29) is 40.9 Å². The van der Waals surface area contributed by atoms with Crippen molar-refractivity contribution in [3.05, 3.63) is 88.9 Å². The van der Waals surface area contributed by atoms with E-state index in [2.05, 4.69) is 0 Å². The standard InChI is InChI=1S/C30H32N2O5/c1-19-17-25(33)28-26(34)18-31(22-12-10-21(11-13-22)27-14-9-20(2)37-27)29(28)23-7-5-6-8-24(23)30(35)32(19,3)15-16-36-4/h5-14,19,29H,15-18H2,1-4H3/p+1. The molecule has 3 atom stereocenters. The molecule has 3 aromatic rings. The number of nitrogens with zero attached hydrogens (tertiary/aromatic N) is 2. The van der Waals surface area contributed by atoms with Crippen LogP contribution in [0.4, 0.5) is 5.69 Å². The van der Waals surface area contributed by atoms with Gasteiger partial charge in [0.15, 0.2) is 5.78 Å². The SMILES string of the molecule is COCC[N+]1(C)C(=O)c2ccccc2C2C(=C(O)CC1C)C(=O)CN2c1ccc(-c2ccc(C)o2)cc1. The van der Waals surface area contributed by atoms with Crippen molar-refractivity contribution in [3.8, 4) is 11.3 Å². The predicted octanol–water partition coefficient (Wildman–Crippen LogP) is 5.22. The number of rotatable bonds is 5. The zero-order valence-electron chi connectivity index (χ0n) is 21.7. The first-order chi connectivity index (χ1) is 17.7. The fraction of sp³-hybridized carbons (Fsp3) is 0.333. The summed E-state index contributed by atoms with van der Waals surface area (Å²) in [7, 11) is 3.50. The number of carbonyl (C=O) groups is 2. The summed E-state index contributed by atoms with van der Waals surface area (Å²) >= 11 is 0. The molecule has 1 amide bonds. The summed E-state index contributed by atoms with van der Waals surface area (Å²) in [5.41, 5.74) is 3.43. The molecule has 0 aliphatic carbocycles. The smallest absolute Gasteiger partial charge is 0.346 e. The van der Waals surface area contributed by atoms with E-state index in [1.807, 2.05) is 86.5 Å². The van der Waals surface area contributed by atoms with Gasteiger partial charge in [-0.05, 0) is 61.9 Å². The highest BCUT2D eigenvalue weighted by atomic mass is 16.5. The number of anilines is 1. The first kappa shape index (κ1) is 25.0. The van der Waals surface area contributed by atoms with E-state index in [1.54, 1.807) is 7.11 Å². The van der Waals surface area contributed by atoms with E-state index in [1.165, 1.54) is 0 Å². The molecule has 1 N–H and O–H groups in total. The van der Waals surface area contributed by atoms with Crippen molar-refractivity contribution in [1.82, 2.24) is 0 Å². The number of hydrogen-bond acceptors (Lipinski definition) is 6. The first-order valence-corrected chi connectivity index (χ1v) is 12.6. The molecule has 0 saturated carbocycles. The molecular weight excluding hydrogens is 468 g/mol. The number of benzene rings is 2. The Balaban J connectivity index is 1.63. The summed E-state index contributed by atoms with van der Waals surface area (Å²) in [6.45, 7) is 4.84. The number of aliphatic hydroxyl groups excluding tert-OH is 1. The predicted molar refractivity (Wildman–Crippen MR) is 141 cm³/mol. The van der Waals surface area contributed by atoms with Crippen molar-refractivity contribution in [1.29, 1.82) is 0 Å². The zero-order valence-corrected chi connectivity index (χ0v) is 21.7. The summed E-state index contributed by atoms with van der Waals surface area (Å²) in [6, 6.07) is 18.3. The molecule has 0 bridgehead atoms. The molecule has 5 rings (SSSR count). The highest BCUT2D eigenvalue weighted by Crippen LogP contribution is 2.44. The fourth-order valence-corrected chi connectivity index (χ4v) is 5.53. The fourth-order valence-electron chi connectivity index (χ4n) is 5.53. The molecule has 0 radical (unpaired) electrons. The van der Waals surface area contributed by atoms with Gasteiger partial charge in [0.25, 0.3) is 0 Å². The number of ether oxygens (including phenoxy) is 1. The number of amides is 1. The van der Waals surface area contributed by atoms with Crippen LogP contribution in [0.5, 0.6) is 0 Å². The molecule has 1 fully saturated rings. The first-order valence-electron chi connectivity index (χ1n) is 12.6. The summed E-state index contributed by atoms with van der Waals surface area (Å²) in [4.78, 5) is 29.5. The Labute approximate surface area is 217 Å². The molecule has 3 unspecified atom stereocenters. The average Bonchev–Trinajstić information content (AvgIpc) is 3.49. The van der Waals surface area contributed by atoms with Gasteiger partial charge in [-0.25, -0.2) is 4.79 Å². The van der Waals surface area contributed by atoms with Crippen molar-refractivity contribution in [2.75, 3.05) is 38.8 Å². The lowest BCUT2D eigenvalue weighted by Gasteiger charge is -2.37. The maximum atomic E-state index is 14.1. The molecular formula is C30H33N2O5+. The lowest BCUT2D eigenvalue weighted by atomic mass is 9.92. The van der Waals surface area contributed by atoms with Crippen LogP contribution >= 0.6 is 0 Å². The Hall–Kier alpha value is -3.68. The molecule has 37 heavy (non-hydrogen) atoms. The van der Waals surface area contributed by atoms with Crippen LogP contribution in [-0.4, -0.2) is 61.2 Å². The van der Waals surface area contributed by atoms with Crippen LogP contribution in [0.15, 0.2) is 76.4 Å². The molecule has 2 aromatic carbocycles. The number of ketones is 1. The molecule has 1 saturated heterocycles. The highest BCUT2D eigenvalue weighted by molar-refractivity contribution is 6.05. The summed E-state index contributed by atoms with van der Waals surface area (Å²) in [5.74, 6) is 1.50. The van der Waals surface area contributed by atoms with Crippen molar-refractivity contribution >= 4 is 17.4 Å². The second-order valence-electron chi connectivity index (χ2n) is 10.2. The van der Waals surface area contributed by atoms with Crippen molar-refractivity contribution in [3.63, 3.8) is 0 Å². The van der Waals surface area contributed by atoms with Crippen LogP contribution < -0.4 is 4.90 Å². The Kier molecular flexibility index (Phi) is 6.52. The van der Waals surface area contributed by atoms with Gasteiger partial charge in [0, 0.05) is 18.4 Å². The number of Topliss-reactive ketones (excluding diaryl/α,β-unsaturated/α-hetero) is 1. The number of furan rings is 1. The Bertz CT molecular complexity index is 1370. The minimum absolute atomic E-state index is 0.0444. The van der Waals surface area contributed by atoms with Gasteiger partial charge in [0.2, 0.25) is 0 Å². The Morgan fingerprint density at radius 3 is 2.49 bits per heavy atom. The second-order valence-corrected chi connectivity index (χ2v) is 10.2. The average molecular weight is 502 g/mol. The van der Waals surface area contributed by atoms with Crippen LogP contribution in [0.25, 0.3) is 11.3 Å². The number of carbonyl (C=O) groups excluding carboxylic acids is 2. The Morgan fingerprint density at radius 1 is 1.08 bits per heavy atom. The molecule has 2 aliphatic heterocycles. The maximum absolute atomic E-state index is 14.1. The number of fused-ring (bicyclic) bond motifs is 3. The largest absolute Gasteiger partial charge is 0.512 e. The third-order valence-corrected chi connectivity index (χ3v) is 7.91. The number of aryl methyl sites for hydroxylation is 1. The zero-order chi connectivity index (χ0) is 26.3. The third kappa shape index (κ3) is 4.28. The molecule has 2 aliphatic rings. The van der Waals surface area contributed by atoms with E-state index in [9.17, 15) is 14.7 Å². The number of likely N-dealkylation sites (N-methyl/N-ethyl adjacent to an activating group) is 1. The number of aliphatic hydroxyl groups is 1. The summed E-state index contributed by atoms with van der Waals surface area (Å²) in [5, 5.41) is 11.3. The summed E-state index contributed by atoms with van der Waals surface area (Å²) < 4.78 is 11.1. The lowest BCUT2D eigenvalue weighted by Crippen LogP contribution is -2.57. The minimum atomic E-state index is -0.564. The van der Waals surface area contributed by atoms with Gasteiger partial charge < -0.3 is 19.2 Å². The quantitative estimate of drug-likeness (QED) is 0.483. The molecule has 0 spiro atoms. The van der Waals surface area contributed by atoms with Crippen LogP contribution in [0.3, 0.4) is 0 Å². The van der Waals surface area contributed by atoms with Gasteiger partial charge in [-0.2, -0.15) is 0 Å². The van der Waals surface area contributed by atoms with Gasteiger partial charge in [-0.1, -0.05) is 18.2 Å². The van der Waals surface area contributed by atoms with Crippen molar-refractivity contribution in [2.24, 2.45) is 0 Å². The van der Waals surface area contributed by atoms with Crippen LogP contribution in [0.2, 0.25) is 0 Å². The van der Waals surface area contributed by atoms with Gasteiger partial charge in [0.1, 0.15) is 29.9 Å². The van der Waals surface area contributed by atoms with Gasteiger partial charge in [-0.3, -0.25) is 9.28 Å². The van der Waals surface area contributed by atoms with Crippen LogP contribution in [0.1, 0.15) is 41.1 Å². The van der Waals surface area contributed by atoms with Gasteiger partial charge in [-0.15, -0.1) is 0 Å². The van der Waals surface area contributed by atoms with Gasteiger partial charge in [0.05, 0.1) is 43.8 Å². The molecule has 1 aromatic heterocycles. The van der Waals surface area contributed by atoms with Crippen molar-refractivity contribution < 1.29 is 28.3 Å². The highest BCUT2D eigenvalue weighted by Gasteiger charge is 2.47. The summed E-state index contributed by atoms with van der Waals surface area (Å²) in [6.07, 6.45) is 0.224. The lowest BCUT2D eigenvalue weighted by molar-refractivity contribution is -0.853.